The highest BCUT2D eigenvalue weighted by Gasteiger charge is 2.22. The van der Waals surface area contributed by atoms with Crippen molar-refractivity contribution in [1.82, 2.24) is 5.32 Å². The van der Waals surface area contributed by atoms with Gasteiger partial charge in [-0.1, -0.05) is 6.92 Å². The zero-order valence-corrected chi connectivity index (χ0v) is 10.6. The SMILES string of the molecule is CCNC(c1ccc(C)o1)c1cc(F)c(F)cc1F. The molecule has 1 atom stereocenters. The fourth-order valence-corrected chi connectivity index (χ4v) is 1.94. The summed E-state index contributed by atoms with van der Waals surface area (Å²) in [4.78, 5) is 0. The molecular formula is C14H14F3NO. The Labute approximate surface area is 109 Å². The number of rotatable bonds is 4. The quantitative estimate of drug-likeness (QED) is 0.856. The molecule has 0 radical (unpaired) electrons. The van der Waals surface area contributed by atoms with Crippen LogP contribution >= 0.6 is 0 Å². The summed E-state index contributed by atoms with van der Waals surface area (Å²) < 4.78 is 45.5. The van der Waals surface area contributed by atoms with Crippen LogP contribution in [0.5, 0.6) is 0 Å². The van der Waals surface area contributed by atoms with Crippen molar-refractivity contribution in [3.63, 3.8) is 0 Å². The Bertz CT molecular complexity index is 580. The van der Waals surface area contributed by atoms with Crippen LogP contribution in [-0.4, -0.2) is 6.54 Å². The van der Waals surface area contributed by atoms with Gasteiger partial charge >= 0.3 is 0 Å². The molecule has 0 saturated heterocycles. The summed E-state index contributed by atoms with van der Waals surface area (Å²) in [6.07, 6.45) is 0. The van der Waals surface area contributed by atoms with E-state index in [2.05, 4.69) is 5.32 Å². The van der Waals surface area contributed by atoms with E-state index in [1.54, 1.807) is 19.1 Å². The molecule has 1 unspecified atom stereocenters. The molecule has 19 heavy (non-hydrogen) atoms. The summed E-state index contributed by atoms with van der Waals surface area (Å²) in [5, 5.41) is 2.99. The second-order valence-electron chi connectivity index (χ2n) is 4.23. The van der Waals surface area contributed by atoms with E-state index < -0.39 is 23.5 Å². The summed E-state index contributed by atoms with van der Waals surface area (Å²) in [5.74, 6) is -1.96. The summed E-state index contributed by atoms with van der Waals surface area (Å²) in [7, 11) is 0. The Balaban J connectivity index is 2.47. The fraction of sp³-hybridized carbons (Fsp3) is 0.286. The molecule has 2 rings (SSSR count). The van der Waals surface area contributed by atoms with Crippen molar-refractivity contribution in [2.75, 3.05) is 6.54 Å². The van der Waals surface area contributed by atoms with Crippen LogP contribution in [0.3, 0.4) is 0 Å². The van der Waals surface area contributed by atoms with Crippen LogP contribution in [0.25, 0.3) is 0 Å². The van der Waals surface area contributed by atoms with Gasteiger partial charge in [-0.3, -0.25) is 0 Å². The van der Waals surface area contributed by atoms with E-state index in [4.69, 9.17) is 4.42 Å². The first kappa shape index (κ1) is 13.7. The zero-order valence-electron chi connectivity index (χ0n) is 10.6. The Morgan fingerprint density at radius 1 is 1.11 bits per heavy atom. The molecule has 0 bridgehead atoms. The van der Waals surface area contributed by atoms with Crippen molar-refractivity contribution in [2.24, 2.45) is 0 Å². The van der Waals surface area contributed by atoms with E-state index in [9.17, 15) is 13.2 Å². The highest BCUT2D eigenvalue weighted by molar-refractivity contribution is 5.30. The lowest BCUT2D eigenvalue weighted by molar-refractivity contribution is 0.420. The molecule has 0 aliphatic carbocycles. The van der Waals surface area contributed by atoms with Gasteiger partial charge in [0.25, 0.3) is 0 Å². The third-order valence-corrected chi connectivity index (χ3v) is 2.80. The van der Waals surface area contributed by atoms with Gasteiger partial charge in [-0.05, 0) is 31.7 Å². The molecular weight excluding hydrogens is 255 g/mol. The molecule has 0 amide bonds. The van der Waals surface area contributed by atoms with Gasteiger partial charge in [-0.25, -0.2) is 13.2 Å². The van der Waals surface area contributed by atoms with Gasteiger partial charge in [0.15, 0.2) is 11.6 Å². The van der Waals surface area contributed by atoms with Crippen molar-refractivity contribution in [2.45, 2.75) is 19.9 Å². The lowest BCUT2D eigenvalue weighted by atomic mass is 10.0. The lowest BCUT2D eigenvalue weighted by Gasteiger charge is -2.17. The van der Waals surface area contributed by atoms with Gasteiger partial charge in [0, 0.05) is 11.6 Å². The van der Waals surface area contributed by atoms with Crippen LogP contribution in [0, 0.1) is 24.4 Å². The highest BCUT2D eigenvalue weighted by atomic mass is 19.2. The highest BCUT2D eigenvalue weighted by Crippen LogP contribution is 2.27. The maximum absolute atomic E-state index is 13.8. The van der Waals surface area contributed by atoms with Gasteiger partial charge in [0.2, 0.25) is 0 Å². The summed E-state index contributed by atoms with van der Waals surface area (Å²) >= 11 is 0. The van der Waals surface area contributed by atoms with E-state index in [1.165, 1.54) is 0 Å². The smallest absolute Gasteiger partial charge is 0.161 e. The molecule has 0 aliphatic rings. The minimum atomic E-state index is -1.20. The number of aryl methyl sites for hydroxylation is 1. The summed E-state index contributed by atoms with van der Waals surface area (Å²) in [6, 6.07) is 4.18. The van der Waals surface area contributed by atoms with E-state index >= 15 is 0 Å². The third kappa shape index (κ3) is 2.81. The second kappa shape index (κ2) is 5.48. The normalized spacial score (nSPS) is 12.7. The van der Waals surface area contributed by atoms with E-state index in [-0.39, 0.29) is 5.56 Å². The average Bonchev–Trinajstić information content (AvgIpc) is 2.78. The minimum Gasteiger partial charge on any atom is -0.464 e. The molecule has 0 saturated carbocycles. The van der Waals surface area contributed by atoms with Crippen molar-refractivity contribution >= 4 is 0 Å². The molecule has 1 heterocycles. The third-order valence-electron chi connectivity index (χ3n) is 2.80. The molecule has 2 nitrogen and oxygen atoms in total. The maximum Gasteiger partial charge on any atom is 0.161 e. The Kier molecular flexibility index (Phi) is 3.95. The largest absolute Gasteiger partial charge is 0.464 e. The van der Waals surface area contributed by atoms with Crippen molar-refractivity contribution in [3.8, 4) is 0 Å². The van der Waals surface area contributed by atoms with Crippen LogP contribution in [-0.2, 0) is 0 Å². The van der Waals surface area contributed by atoms with Crippen LogP contribution < -0.4 is 5.32 Å². The molecule has 0 spiro atoms. The molecule has 2 aromatic rings. The van der Waals surface area contributed by atoms with Crippen LogP contribution in [0.15, 0.2) is 28.7 Å². The second-order valence-corrected chi connectivity index (χ2v) is 4.23. The van der Waals surface area contributed by atoms with Crippen molar-refractivity contribution in [1.29, 1.82) is 0 Å². The average molecular weight is 269 g/mol. The molecule has 1 aromatic carbocycles. The Morgan fingerprint density at radius 2 is 1.79 bits per heavy atom. The molecule has 0 fully saturated rings. The van der Waals surface area contributed by atoms with Crippen molar-refractivity contribution in [3.05, 3.63) is 58.8 Å². The number of hydrogen-bond donors (Lipinski definition) is 1. The number of halogens is 3. The summed E-state index contributed by atoms with van der Waals surface area (Å²) in [6.45, 7) is 4.12. The van der Waals surface area contributed by atoms with E-state index in [1.807, 2.05) is 6.92 Å². The standard InChI is InChI=1S/C14H14F3NO/c1-3-18-14(13-5-4-8(2)19-13)9-6-11(16)12(17)7-10(9)15/h4-7,14,18H,3H2,1-2H3. The predicted octanol–water partition coefficient (Wildman–Crippen LogP) is 3.70. The van der Waals surface area contributed by atoms with Gasteiger partial charge in [0.1, 0.15) is 17.3 Å². The van der Waals surface area contributed by atoms with Gasteiger partial charge < -0.3 is 9.73 Å². The number of hydrogen-bond acceptors (Lipinski definition) is 2. The van der Waals surface area contributed by atoms with Crippen molar-refractivity contribution < 1.29 is 17.6 Å². The molecule has 102 valence electrons. The number of nitrogens with one attached hydrogen (secondary N) is 1. The first-order valence-corrected chi connectivity index (χ1v) is 5.97. The first-order chi connectivity index (χ1) is 9.02. The fourth-order valence-electron chi connectivity index (χ4n) is 1.94. The maximum atomic E-state index is 13.8. The van der Waals surface area contributed by atoms with Gasteiger partial charge in [0.05, 0.1) is 6.04 Å². The van der Waals surface area contributed by atoms with Gasteiger partial charge in [-0.2, -0.15) is 0 Å². The van der Waals surface area contributed by atoms with Gasteiger partial charge in [-0.15, -0.1) is 0 Å². The van der Waals surface area contributed by atoms with Crippen LogP contribution in [0.4, 0.5) is 13.2 Å². The predicted molar refractivity (Wildman–Crippen MR) is 65.3 cm³/mol. The van der Waals surface area contributed by atoms with E-state index in [0.29, 0.717) is 24.1 Å². The van der Waals surface area contributed by atoms with Crippen LogP contribution in [0.2, 0.25) is 0 Å². The zero-order chi connectivity index (χ0) is 14.0. The molecule has 0 aliphatic heterocycles. The van der Waals surface area contributed by atoms with E-state index in [0.717, 1.165) is 6.07 Å². The molecule has 1 aromatic heterocycles. The lowest BCUT2D eigenvalue weighted by Crippen LogP contribution is -2.23. The molecule has 5 heteroatoms. The number of benzene rings is 1. The topological polar surface area (TPSA) is 25.2 Å². The minimum absolute atomic E-state index is 0.0232. The Morgan fingerprint density at radius 3 is 2.37 bits per heavy atom. The molecule has 1 N–H and O–H groups in total. The first-order valence-electron chi connectivity index (χ1n) is 5.97. The summed E-state index contributed by atoms with van der Waals surface area (Å²) in [5.41, 5.74) is 0.0232. The number of furan rings is 1. The Hall–Kier alpha value is -1.75. The monoisotopic (exact) mass is 269 g/mol. The van der Waals surface area contributed by atoms with Crippen LogP contribution in [0.1, 0.15) is 30.0 Å².